The second-order valence-electron chi connectivity index (χ2n) is 4.08. The number of nitrogens with one attached hydrogen (secondary N) is 1. The lowest BCUT2D eigenvalue weighted by atomic mass is 10.1. The molecule has 5 heteroatoms. The summed E-state index contributed by atoms with van der Waals surface area (Å²) in [7, 11) is 0. The van der Waals surface area contributed by atoms with Crippen LogP contribution >= 0.6 is 0 Å². The summed E-state index contributed by atoms with van der Waals surface area (Å²) >= 11 is 0. The molecular formula is C13H16N2O3. The zero-order valence-electron chi connectivity index (χ0n) is 10.1. The van der Waals surface area contributed by atoms with Gasteiger partial charge in [0.05, 0.1) is 6.42 Å². The van der Waals surface area contributed by atoms with Crippen molar-refractivity contribution in [2.45, 2.75) is 19.3 Å². The number of aliphatic hydroxyl groups is 1. The molecule has 2 N–H and O–H groups in total. The quantitative estimate of drug-likeness (QED) is 0.755. The summed E-state index contributed by atoms with van der Waals surface area (Å²) in [4.78, 5) is 11.7. The Hall–Kier alpha value is -1.88. The number of nitrogens with zero attached hydrogens (tertiary/aromatic N) is 1. The van der Waals surface area contributed by atoms with E-state index in [0.29, 0.717) is 24.2 Å². The van der Waals surface area contributed by atoms with Crippen LogP contribution in [-0.4, -0.2) is 29.3 Å². The van der Waals surface area contributed by atoms with Gasteiger partial charge in [-0.3, -0.25) is 4.79 Å². The number of aliphatic hydroxyl groups excluding tert-OH is 1. The molecule has 18 heavy (non-hydrogen) atoms. The molecule has 0 atom stereocenters. The first kappa shape index (κ1) is 12.6. The molecule has 0 aliphatic rings. The van der Waals surface area contributed by atoms with Crippen molar-refractivity contribution in [3.05, 3.63) is 30.0 Å². The Labute approximate surface area is 105 Å². The Balaban J connectivity index is 1.91. The Morgan fingerprint density at radius 2 is 2.17 bits per heavy atom. The minimum Gasteiger partial charge on any atom is -0.396 e. The van der Waals surface area contributed by atoms with Gasteiger partial charge in [0.25, 0.3) is 0 Å². The van der Waals surface area contributed by atoms with Gasteiger partial charge in [0, 0.05) is 18.5 Å². The third-order valence-corrected chi connectivity index (χ3v) is 2.69. The Bertz CT molecular complexity index is 522. The zero-order chi connectivity index (χ0) is 12.8. The zero-order valence-corrected chi connectivity index (χ0v) is 10.1. The van der Waals surface area contributed by atoms with Crippen molar-refractivity contribution in [3.8, 4) is 0 Å². The number of hydrogen-bond acceptors (Lipinski definition) is 4. The van der Waals surface area contributed by atoms with Crippen LogP contribution in [0.25, 0.3) is 11.0 Å². The number of carbonyl (C=O) groups is 1. The maximum atomic E-state index is 11.7. The van der Waals surface area contributed by atoms with E-state index in [4.69, 9.17) is 9.63 Å². The summed E-state index contributed by atoms with van der Waals surface area (Å²) in [5.74, 6) is -0.0769. The highest BCUT2D eigenvalue weighted by Gasteiger charge is 2.11. The number of amides is 1. The van der Waals surface area contributed by atoms with Crippen molar-refractivity contribution in [2.75, 3.05) is 13.2 Å². The van der Waals surface area contributed by atoms with Crippen molar-refractivity contribution < 1.29 is 14.4 Å². The maximum Gasteiger partial charge on any atom is 0.226 e. The van der Waals surface area contributed by atoms with E-state index in [9.17, 15) is 4.79 Å². The first-order valence-corrected chi connectivity index (χ1v) is 6.02. The maximum absolute atomic E-state index is 11.7. The first-order chi connectivity index (χ1) is 8.81. The van der Waals surface area contributed by atoms with Gasteiger partial charge in [-0.2, -0.15) is 0 Å². The predicted octanol–water partition coefficient (Wildman–Crippen LogP) is 1.26. The molecule has 0 radical (unpaired) electrons. The van der Waals surface area contributed by atoms with Gasteiger partial charge < -0.3 is 14.9 Å². The lowest BCUT2D eigenvalue weighted by Crippen LogP contribution is -2.26. The predicted molar refractivity (Wildman–Crippen MR) is 67.0 cm³/mol. The largest absolute Gasteiger partial charge is 0.396 e. The van der Waals surface area contributed by atoms with E-state index in [0.717, 1.165) is 11.8 Å². The first-order valence-electron chi connectivity index (χ1n) is 6.02. The Morgan fingerprint density at radius 1 is 1.33 bits per heavy atom. The molecule has 5 nitrogen and oxygen atoms in total. The summed E-state index contributed by atoms with van der Waals surface area (Å²) in [6, 6.07) is 7.47. The van der Waals surface area contributed by atoms with Gasteiger partial charge in [-0.15, -0.1) is 0 Å². The highest BCUT2D eigenvalue weighted by molar-refractivity contribution is 5.86. The molecule has 0 aliphatic heterocycles. The smallest absolute Gasteiger partial charge is 0.226 e. The van der Waals surface area contributed by atoms with Crippen molar-refractivity contribution in [1.29, 1.82) is 0 Å². The van der Waals surface area contributed by atoms with Gasteiger partial charge in [0.1, 0.15) is 5.69 Å². The molecule has 2 aromatic rings. The molecule has 0 fully saturated rings. The van der Waals surface area contributed by atoms with Gasteiger partial charge in [-0.25, -0.2) is 0 Å². The van der Waals surface area contributed by atoms with E-state index in [1.807, 2.05) is 24.3 Å². The van der Waals surface area contributed by atoms with E-state index in [1.165, 1.54) is 0 Å². The number of hydrogen-bond donors (Lipinski definition) is 2. The lowest BCUT2D eigenvalue weighted by Gasteiger charge is -2.02. The van der Waals surface area contributed by atoms with Crippen LogP contribution in [0.4, 0.5) is 0 Å². The second-order valence-corrected chi connectivity index (χ2v) is 4.08. The molecule has 0 spiro atoms. The van der Waals surface area contributed by atoms with Crippen LogP contribution in [-0.2, 0) is 11.2 Å². The van der Waals surface area contributed by atoms with E-state index >= 15 is 0 Å². The van der Waals surface area contributed by atoms with Gasteiger partial charge in [-0.05, 0) is 25.0 Å². The molecule has 1 amide bonds. The van der Waals surface area contributed by atoms with Crippen LogP contribution in [0, 0.1) is 0 Å². The molecule has 0 aliphatic carbocycles. The van der Waals surface area contributed by atoms with Gasteiger partial charge in [0.15, 0.2) is 5.58 Å². The average molecular weight is 248 g/mol. The molecular weight excluding hydrogens is 232 g/mol. The summed E-state index contributed by atoms with van der Waals surface area (Å²) < 4.78 is 5.13. The topological polar surface area (TPSA) is 75.4 Å². The van der Waals surface area contributed by atoms with Crippen molar-refractivity contribution >= 4 is 16.9 Å². The van der Waals surface area contributed by atoms with Crippen LogP contribution < -0.4 is 5.32 Å². The van der Waals surface area contributed by atoms with Crippen LogP contribution in [0.1, 0.15) is 18.5 Å². The van der Waals surface area contributed by atoms with E-state index in [2.05, 4.69) is 10.5 Å². The fourth-order valence-corrected chi connectivity index (χ4v) is 1.74. The molecule has 1 heterocycles. The fourth-order valence-electron chi connectivity index (χ4n) is 1.74. The summed E-state index contributed by atoms with van der Waals surface area (Å²) in [5, 5.41) is 16.2. The minimum atomic E-state index is -0.0769. The summed E-state index contributed by atoms with van der Waals surface area (Å²) in [6.07, 6.45) is 1.70. The summed E-state index contributed by atoms with van der Waals surface area (Å²) in [5.41, 5.74) is 1.35. The Kier molecular flexibility index (Phi) is 4.30. The van der Waals surface area contributed by atoms with Crippen LogP contribution in [0.15, 0.2) is 28.8 Å². The Morgan fingerprint density at radius 3 is 3.00 bits per heavy atom. The molecule has 1 aromatic heterocycles. The summed E-state index contributed by atoms with van der Waals surface area (Å²) in [6.45, 7) is 0.735. The van der Waals surface area contributed by atoms with Crippen LogP contribution in [0.5, 0.6) is 0 Å². The lowest BCUT2D eigenvalue weighted by molar-refractivity contribution is -0.120. The number of carbonyl (C=O) groups excluding carboxylic acids is 1. The van der Waals surface area contributed by atoms with Crippen molar-refractivity contribution in [3.63, 3.8) is 0 Å². The molecule has 0 unspecified atom stereocenters. The average Bonchev–Trinajstić information content (AvgIpc) is 2.78. The van der Waals surface area contributed by atoms with Gasteiger partial charge in [-0.1, -0.05) is 17.3 Å². The number of rotatable bonds is 6. The molecule has 0 saturated heterocycles. The molecule has 2 rings (SSSR count). The van der Waals surface area contributed by atoms with Crippen LogP contribution in [0.3, 0.4) is 0 Å². The highest BCUT2D eigenvalue weighted by Crippen LogP contribution is 2.17. The third-order valence-electron chi connectivity index (χ3n) is 2.69. The number of fused-ring (bicyclic) bond motifs is 1. The van der Waals surface area contributed by atoms with Gasteiger partial charge >= 0.3 is 0 Å². The van der Waals surface area contributed by atoms with Crippen LogP contribution in [0.2, 0.25) is 0 Å². The number of benzene rings is 1. The van der Waals surface area contributed by atoms with Crippen molar-refractivity contribution in [2.24, 2.45) is 0 Å². The normalized spacial score (nSPS) is 10.7. The number of unbranched alkanes of at least 4 members (excludes halogenated alkanes) is 1. The molecule has 0 bridgehead atoms. The number of aromatic nitrogens is 1. The van der Waals surface area contributed by atoms with E-state index in [1.54, 1.807) is 0 Å². The molecule has 1 aromatic carbocycles. The van der Waals surface area contributed by atoms with Crippen molar-refractivity contribution in [1.82, 2.24) is 10.5 Å². The monoisotopic (exact) mass is 248 g/mol. The SMILES string of the molecule is O=C(Cc1noc2ccccc12)NCCCCO. The standard InChI is InChI=1S/C13H16N2O3/c16-8-4-3-7-14-13(17)9-11-10-5-1-2-6-12(10)18-15-11/h1-2,5-6,16H,3-4,7-9H2,(H,14,17). The highest BCUT2D eigenvalue weighted by atomic mass is 16.5. The van der Waals surface area contributed by atoms with E-state index in [-0.39, 0.29) is 18.9 Å². The molecule has 0 saturated carbocycles. The third kappa shape index (κ3) is 3.07. The molecule has 96 valence electrons. The van der Waals surface area contributed by atoms with E-state index < -0.39 is 0 Å². The number of para-hydroxylation sites is 1. The second kappa shape index (κ2) is 6.16. The fraction of sp³-hybridized carbons (Fsp3) is 0.385. The minimum absolute atomic E-state index is 0.0769. The van der Waals surface area contributed by atoms with Gasteiger partial charge in [0.2, 0.25) is 5.91 Å².